The van der Waals surface area contributed by atoms with E-state index in [4.69, 9.17) is 0 Å². The largest absolute Gasteiger partial charge is 0.334 e. The fourth-order valence-corrected chi connectivity index (χ4v) is 4.69. The number of nitrogens with one attached hydrogen (secondary N) is 1. The number of carbonyl (C=O) groups is 3. The topological polar surface area (TPSA) is 107 Å². The molecular formula is C20H21N5O4. The standard InChI is InChI=1S/C20H21N5O4/c26-17-8-21-15-4-3-12(6-16(15)22-17)20(29)25-10-13-7-14(25)9-24(13)19(28)11-23-5-1-2-18(23)27/h3-4,6,8,13-14H,1-2,5,7,9-11H2,(H,22,26)/t13-,14-/m0/s1. The second-order valence-electron chi connectivity index (χ2n) is 7.95. The molecule has 3 saturated heterocycles. The van der Waals surface area contributed by atoms with Crippen molar-refractivity contribution in [3.63, 3.8) is 0 Å². The molecule has 9 heteroatoms. The summed E-state index contributed by atoms with van der Waals surface area (Å²) in [6.07, 6.45) is 3.31. The fourth-order valence-electron chi connectivity index (χ4n) is 4.69. The first-order valence-corrected chi connectivity index (χ1v) is 9.87. The maximum atomic E-state index is 13.0. The van der Waals surface area contributed by atoms with Crippen LogP contribution in [0.4, 0.5) is 0 Å². The van der Waals surface area contributed by atoms with E-state index in [1.54, 1.807) is 23.1 Å². The maximum absolute atomic E-state index is 13.0. The van der Waals surface area contributed by atoms with E-state index in [1.807, 2.05) is 9.80 Å². The van der Waals surface area contributed by atoms with Gasteiger partial charge in [-0.1, -0.05) is 0 Å². The van der Waals surface area contributed by atoms with Crippen LogP contribution >= 0.6 is 0 Å². The second-order valence-corrected chi connectivity index (χ2v) is 7.95. The Morgan fingerprint density at radius 3 is 2.66 bits per heavy atom. The Bertz CT molecular complexity index is 1080. The number of H-pyrrole nitrogens is 1. The first-order valence-electron chi connectivity index (χ1n) is 9.87. The molecule has 0 aliphatic carbocycles. The average Bonchev–Trinajstić information content (AvgIpc) is 3.43. The van der Waals surface area contributed by atoms with Crippen molar-refractivity contribution < 1.29 is 14.4 Å². The highest BCUT2D eigenvalue weighted by Crippen LogP contribution is 2.32. The van der Waals surface area contributed by atoms with Gasteiger partial charge in [-0.05, 0) is 31.0 Å². The lowest BCUT2D eigenvalue weighted by atomic mass is 10.1. The van der Waals surface area contributed by atoms with Crippen LogP contribution in [0.3, 0.4) is 0 Å². The van der Waals surface area contributed by atoms with Gasteiger partial charge in [-0.25, -0.2) is 4.98 Å². The molecule has 9 nitrogen and oxygen atoms in total. The molecule has 1 aromatic carbocycles. The normalized spacial score (nSPS) is 23.4. The smallest absolute Gasteiger partial charge is 0.266 e. The minimum absolute atomic E-state index is 0.00362. The minimum Gasteiger partial charge on any atom is -0.334 e. The molecule has 3 fully saturated rings. The van der Waals surface area contributed by atoms with Crippen LogP contribution in [-0.4, -0.2) is 80.7 Å². The van der Waals surface area contributed by atoms with E-state index in [0.717, 1.165) is 12.8 Å². The summed E-state index contributed by atoms with van der Waals surface area (Å²) >= 11 is 0. The maximum Gasteiger partial charge on any atom is 0.266 e. The van der Waals surface area contributed by atoms with Crippen LogP contribution in [-0.2, 0) is 9.59 Å². The van der Waals surface area contributed by atoms with Crippen LogP contribution in [0, 0.1) is 0 Å². The molecule has 5 rings (SSSR count). The number of nitrogens with zero attached hydrogens (tertiary/aromatic N) is 4. The van der Waals surface area contributed by atoms with Crippen molar-refractivity contribution in [1.29, 1.82) is 0 Å². The molecule has 0 spiro atoms. The van der Waals surface area contributed by atoms with Gasteiger partial charge >= 0.3 is 0 Å². The summed E-state index contributed by atoms with van der Waals surface area (Å²) in [5.74, 6) is -0.0940. The number of hydrogen-bond acceptors (Lipinski definition) is 5. The second kappa shape index (κ2) is 6.68. The van der Waals surface area contributed by atoms with Gasteiger partial charge < -0.3 is 19.7 Å². The van der Waals surface area contributed by atoms with E-state index in [9.17, 15) is 19.2 Å². The Morgan fingerprint density at radius 1 is 1.14 bits per heavy atom. The van der Waals surface area contributed by atoms with Crippen molar-refractivity contribution in [3.8, 4) is 0 Å². The molecule has 150 valence electrons. The summed E-state index contributed by atoms with van der Waals surface area (Å²) in [4.78, 5) is 60.9. The predicted octanol–water partition coefficient (Wildman–Crippen LogP) is -0.0292. The van der Waals surface area contributed by atoms with Gasteiger partial charge in [0, 0.05) is 31.6 Å². The SMILES string of the molecule is O=C1CCCN1CC(=O)N1C[C@@H]2C[C@H]1CN2C(=O)c1ccc2ncc(=O)[nH]c2c1. The number of carbonyl (C=O) groups excluding carboxylic acids is 3. The lowest BCUT2D eigenvalue weighted by Crippen LogP contribution is -2.52. The molecule has 0 unspecified atom stereocenters. The van der Waals surface area contributed by atoms with E-state index in [1.165, 1.54) is 6.20 Å². The summed E-state index contributed by atoms with van der Waals surface area (Å²) in [6.45, 7) is 1.78. The fraction of sp³-hybridized carbons (Fsp3) is 0.450. The molecule has 0 saturated carbocycles. The van der Waals surface area contributed by atoms with Gasteiger partial charge in [-0.2, -0.15) is 0 Å². The number of amides is 3. The van der Waals surface area contributed by atoms with Crippen molar-refractivity contribution in [2.24, 2.45) is 0 Å². The van der Waals surface area contributed by atoms with Crippen molar-refractivity contribution in [1.82, 2.24) is 24.7 Å². The molecule has 1 aromatic heterocycles. The molecule has 29 heavy (non-hydrogen) atoms. The zero-order valence-corrected chi connectivity index (χ0v) is 15.8. The third kappa shape index (κ3) is 3.06. The molecule has 3 amide bonds. The number of likely N-dealkylation sites (tertiary alicyclic amines) is 3. The quantitative estimate of drug-likeness (QED) is 0.786. The number of rotatable bonds is 3. The first-order chi connectivity index (χ1) is 14.0. The van der Waals surface area contributed by atoms with Crippen molar-refractivity contribution in [2.45, 2.75) is 31.3 Å². The van der Waals surface area contributed by atoms with Gasteiger partial charge in [0.1, 0.15) is 0 Å². The van der Waals surface area contributed by atoms with E-state index in [-0.39, 0.29) is 41.9 Å². The zero-order valence-electron chi connectivity index (χ0n) is 15.8. The number of aromatic nitrogens is 2. The van der Waals surface area contributed by atoms with E-state index >= 15 is 0 Å². The summed E-state index contributed by atoms with van der Waals surface area (Å²) in [7, 11) is 0. The number of aromatic amines is 1. The van der Waals surface area contributed by atoms with Gasteiger partial charge in [0.05, 0.1) is 35.9 Å². The summed E-state index contributed by atoms with van der Waals surface area (Å²) in [5, 5.41) is 0. The molecule has 0 radical (unpaired) electrons. The Hall–Kier alpha value is -3.23. The lowest BCUT2D eigenvalue weighted by Gasteiger charge is -2.35. The van der Waals surface area contributed by atoms with Gasteiger partial charge in [0.2, 0.25) is 11.8 Å². The zero-order chi connectivity index (χ0) is 20.1. The molecule has 2 bridgehead atoms. The number of benzene rings is 1. The highest BCUT2D eigenvalue weighted by molar-refractivity contribution is 5.98. The highest BCUT2D eigenvalue weighted by atomic mass is 16.2. The third-order valence-corrected chi connectivity index (χ3v) is 6.14. The lowest BCUT2D eigenvalue weighted by molar-refractivity contribution is -0.139. The molecule has 2 atom stereocenters. The first kappa shape index (κ1) is 17.8. The van der Waals surface area contributed by atoms with Gasteiger partial charge in [0.15, 0.2) is 0 Å². The molecule has 3 aliphatic heterocycles. The highest BCUT2D eigenvalue weighted by Gasteiger charge is 2.47. The van der Waals surface area contributed by atoms with Crippen molar-refractivity contribution in [3.05, 3.63) is 40.3 Å². The number of piperazine rings is 1. The molecule has 3 aliphatic rings. The molecule has 1 N–H and O–H groups in total. The Morgan fingerprint density at radius 2 is 1.93 bits per heavy atom. The van der Waals surface area contributed by atoms with Crippen LogP contribution in [0.25, 0.3) is 11.0 Å². The van der Waals surface area contributed by atoms with E-state index in [0.29, 0.717) is 42.7 Å². The van der Waals surface area contributed by atoms with Crippen LogP contribution in [0.1, 0.15) is 29.6 Å². The monoisotopic (exact) mass is 395 g/mol. The summed E-state index contributed by atoms with van der Waals surface area (Å²) in [5.41, 5.74) is 1.33. The summed E-state index contributed by atoms with van der Waals surface area (Å²) in [6, 6.07) is 5.06. The van der Waals surface area contributed by atoms with Gasteiger partial charge in [-0.3, -0.25) is 19.2 Å². The van der Waals surface area contributed by atoms with Crippen LogP contribution in [0.15, 0.2) is 29.2 Å². The van der Waals surface area contributed by atoms with Crippen LogP contribution < -0.4 is 5.56 Å². The predicted molar refractivity (Wildman–Crippen MR) is 103 cm³/mol. The Balaban J connectivity index is 1.28. The van der Waals surface area contributed by atoms with E-state index in [2.05, 4.69) is 9.97 Å². The third-order valence-electron chi connectivity index (χ3n) is 6.14. The number of hydrogen-bond donors (Lipinski definition) is 1. The average molecular weight is 395 g/mol. The van der Waals surface area contributed by atoms with Crippen molar-refractivity contribution >= 4 is 28.8 Å². The van der Waals surface area contributed by atoms with Crippen LogP contribution in [0.2, 0.25) is 0 Å². The van der Waals surface area contributed by atoms with E-state index < -0.39 is 0 Å². The Kier molecular flexibility index (Phi) is 4.11. The van der Waals surface area contributed by atoms with Crippen LogP contribution in [0.5, 0.6) is 0 Å². The Labute approximate surface area is 166 Å². The minimum atomic E-state index is -0.312. The molecule has 2 aromatic rings. The number of fused-ring (bicyclic) bond motifs is 3. The molecule has 4 heterocycles. The summed E-state index contributed by atoms with van der Waals surface area (Å²) < 4.78 is 0. The van der Waals surface area contributed by atoms with Crippen molar-refractivity contribution in [2.75, 3.05) is 26.2 Å². The molecular weight excluding hydrogens is 374 g/mol. The van der Waals surface area contributed by atoms with Gasteiger partial charge in [0.25, 0.3) is 11.5 Å². The van der Waals surface area contributed by atoms with Gasteiger partial charge in [-0.15, -0.1) is 0 Å².